The first kappa shape index (κ1) is 22.7. The molecule has 1 aliphatic heterocycles. The summed E-state index contributed by atoms with van der Waals surface area (Å²) in [5, 5.41) is 7.30. The Morgan fingerprint density at radius 2 is 1.80 bits per heavy atom. The average Bonchev–Trinajstić information content (AvgIpc) is 3.26. The van der Waals surface area contributed by atoms with Crippen LogP contribution in [0.2, 0.25) is 0 Å². The van der Waals surface area contributed by atoms with Crippen molar-refractivity contribution >= 4 is 5.91 Å². The van der Waals surface area contributed by atoms with Crippen LogP contribution in [-0.2, 0) is 13.2 Å². The van der Waals surface area contributed by atoms with Crippen molar-refractivity contribution in [3.05, 3.63) is 89.4 Å². The van der Waals surface area contributed by atoms with Crippen LogP contribution in [0.5, 0.6) is 5.75 Å². The number of nitrogens with zero attached hydrogens (tertiary/aromatic N) is 3. The van der Waals surface area contributed by atoms with E-state index < -0.39 is 11.6 Å². The highest BCUT2D eigenvalue weighted by atomic mass is 19.1. The van der Waals surface area contributed by atoms with E-state index in [1.165, 1.54) is 10.2 Å². The lowest BCUT2D eigenvalue weighted by atomic mass is 9.97. The molecule has 4 aromatic rings. The zero-order chi connectivity index (χ0) is 24.5. The van der Waals surface area contributed by atoms with Crippen molar-refractivity contribution in [2.45, 2.75) is 32.9 Å². The maximum absolute atomic E-state index is 15.4. The number of hydrogen-bond acceptors (Lipinski definition) is 4. The standard InChI is InChI=1S/C27H24F2N4O2/c1-16(2)18-5-3-17(4-6-18)15-35-23-14-21(28)20(13-22(23)29)24-25(19-7-9-30-10-8-19)32-33-12-11-31-27(34)26(24)33/h3-10,13-14,16H,11-12,15H2,1-2H3,(H,31,34). The largest absolute Gasteiger partial charge is 0.486 e. The number of ether oxygens (including phenoxy) is 1. The molecule has 0 spiro atoms. The molecule has 2 aromatic heterocycles. The van der Waals surface area contributed by atoms with Crippen molar-refractivity contribution in [2.75, 3.05) is 6.54 Å². The van der Waals surface area contributed by atoms with Gasteiger partial charge in [-0.3, -0.25) is 14.5 Å². The molecule has 3 heterocycles. The molecule has 6 nitrogen and oxygen atoms in total. The third kappa shape index (κ3) is 4.39. The minimum Gasteiger partial charge on any atom is -0.486 e. The molecule has 0 atom stereocenters. The Hall–Kier alpha value is -4.07. The van der Waals surface area contributed by atoms with Gasteiger partial charge < -0.3 is 10.1 Å². The highest BCUT2D eigenvalue weighted by molar-refractivity contribution is 6.03. The maximum atomic E-state index is 15.4. The molecule has 0 saturated carbocycles. The molecular weight excluding hydrogens is 450 g/mol. The number of rotatable bonds is 6. The summed E-state index contributed by atoms with van der Waals surface area (Å²) in [4.78, 5) is 16.7. The third-order valence-electron chi connectivity index (χ3n) is 6.06. The van der Waals surface area contributed by atoms with Crippen molar-refractivity contribution < 1.29 is 18.3 Å². The van der Waals surface area contributed by atoms with Gasteiger partial charge in [0, 0.05) is 41.7 Å². The molecule has 35 heavy (non-hydrogen) atoms. The highest BCUT2D eigenvalue weighted by Crippen LogP contribution is 2.38. The summed E-state index contributed by atoms with van der Waals surface area (Å²) in [5.41, 5.74) is 3.45. The summed E-state index contributed by atoms with van der Waals surface area (Å²) < 4.78 is 37.7. The fraction of sp³-hybridized carbons (Fsp3) is 0.222. The van der Waals surface area contributed by atoms with Gasteiger partial charge in [-0.2, -0.15) is 5.10 Å². The fourth-order valence-corrected chi connectivity index (χ4v) is 4.17. The molecule has 1 aliphatic rings. The zero-order valence-electron chi connectivity index (χ0n) is 19.4. The van der Waals surface area contributed by atoms with Crippen molar-refractivity contribution in [3.8, 4) is 28.1 Å². The van der Waals surface area contributed by atoms with Crippen LogP contribution >= 0.6 is 0 Å². The van der Waals surface area contributed by atoms with E-state index >= 15 is 8.78 Å². The molecule has 5 rings (SSSR count). The average molecular weight is 475 g/mol. The predicted molar refractivity (Wildman–Crippen MR) is 128 cm³/mol. The van der Waals surface area contributed by atoms with E-state index in [4.69, 9.17) is 4.74 Å². The fourth-order valence-electron chi connectivity index (χ4n) is 4.17. The van der Waals surface area contributed by atoms with Gasteiger partial charge in [0.15, 0.2) is 11.6 Å². The molecular formula is C27H24F2N4O2. The van der Waals surface area contributed by atoms with Crippen molar-refractivity contribution in [1.82, 2.24) is 20.1 Å². The molecule has 1 N–H and O–H groups in total. The Labute approximate surface area is 201 Å². The van der Waals surface area contributed by atoms with Gasteiger partial charge in [0.05, 0.1) is 6.54 Å². The smallest absolute Gasteiger partial charge is 0.270 e. The Morgan fingerprint density at radius 3 is 2.51 bits per heavy atom. The van der Waals surface area contributed by atoms with Gasteiger partial charge in [-0.25, -0.2) is 8.78 Å². The molecule has 0 aliphatic carbocycles. The van der Waals surface area contributed by atoms with Crippen LogP contribution in [-0.4, -0.2) is 27.2 Å². The maximum Gasteiger partial charge on any atom is 0.270 e. The van der Waals surface area contributed by atoms with E-state index in [0.717, 1.165) is 17.7 Å². The summed E-state index contributed by atoms with van der Waals surface area (Å²) in [6.07, 6.45) is 3.16. The first-order valence-corrected chi connectivity index (χ1v) is 11.4. The second-order valence-electron chi connectivity index (χ2n) is 8.73. The van der Waals surface area contributed by atoms with Crippen LogP contribution in [0.3, 0.4) is 0 Å². The molecule has 0 radical (unpaired) electrons. The number of carbonyl (C=O) groups excluding carboxylic acids is 1. The van der Waals surface area contributed by atoms with Crippen LogP contribution in [0.4, 0.5) is 8.78 Å². The van der Waals surface area contributed by atoms with Crippen LogP contribution in [0.15, 0.2) is 60.9 Å². The Balaban J connectivity index is 1.51. The summed E-state index contributed by atoms with van der Waals surface area (Å²) in [7, 11) is 0. The first-order valence-electron chi connectivity index (χ1n) is 11.4. The highest BCUT2D eigenvalue weighted by Gasteiger charge is 2.30. The second-order valence-corrected chi connectivity index (χ2v) is 8.73. The van der Waals surface area contributed by atoms with E-state index in [2.05, 4.69) is 29.2 Å². The van der Waals surface area contributed by atoms with Gasteiger partial charge in [-0.1, -0.05) is 38.1 Å². The molecule has 8 heteroatoms. The lowest BCUT2D eigenvalue weighted by Crippen LogP contribution is -2.35. The number of fused-ring (bicyclic) bond motifs is 1. The van der Waals surface area contributed by atoms with Crippen molar-refractivity contribution in [3.63, 3.8) is 0 Å². The third-order valence-corrected chi connectivity index (χ3v) is 6.06. The van der Waals surface area contributed by atoms with Crippen molar-refractivity contribution in [1.29, 1.82) is 0 Å². The Morgan fingerprint density at radius 1 is 1.06 bits per heavy atom. The van der Waals surface area contributed by atoms with Crippen LogP contribution in [0.1, 0.15) is 41.4 Å². The van der Waals surface area contributed by atoms with E-state index in [1.54, 1.807) is 24.5 Å². The number of amides is 1. The van der Waals surface area contributed by atoms with E-state index in [0.29, 0.717) is 30.3 Å². The summed E-state index contributed by atoms with van der Waals surface area (Å²) in [5.74, 6) is -1.62. The molecule has 0 bridgehead atoms. The number of nitrogens with one attached hydrogen (secondary N) is 1. The van der Waals surface area contributed by atoms with Crippen LogP contribution in [0, 0.1) is 11.6 Å². The van der Waals surface area contributed by atoms with Gasteiger partial charge in [0.1, 0.15) is 23.8 Å². The normalized spacial score (nSPS) is 13.0. The summed E-state index contributed by atoms with van der Waals surface area (Å²) in [6, 6.07) is 13.3. The van der Waals surface area contributed by atoms with Gasteiger partial charge in [-0.05, 0) is 35.2 Å². The number of hydrogen-bond donors (Lipinski definition) is 1. The van der Waals surface area contributed by atoms with E-state index in [-0.39, 0.29) is 35.1 Å². The zero-order valence-corrected chi connectivity index (χ0v) is 19.4. The monoisotopic (exact) mass is 474 g/mol. The lowest BCUT2D eigenvalue weighted by Gasteiger charge is -2.16. The molecule has 1 amide bonds. The van der Waals surface area contributed by atoms with Gasteiger partial charge in [-0.15, -0.1) is 0 Å². The SMILES string of the molecule is CC(C)c1ccc(COc2cc(F)c(-c3c(-c4ccncc4)nn4c3C(=O)NCC4)cc2F)cc1. The Kier molecular flexibility index (Phi) is 6.03. The minimum absolute atomic E-state index is 0.0544. The lowest BCUT2D eigenvalue weighted by molar-refractivity contribution is 0.0925. The molecule has 2 aromatic carbocycles. The van der Waals surface area contributed by atoms with Gasteiger partial charge >= 0.3 is 0 Å². The Bertz CT molecular complexity index is 1380. The number of aromatic nitrogens is 3. The van der Waals surface area contributed by atoms with Gasteiger partial charge in [0.25, 0.3) is 5.91 Å². The molecule has 0 saturated heterocycles. The summed E-state index contributed by atoms with van der Waals surface area (Å²) >= 11 is 0. The quantitative estimate of drug-likeness (QED) is 0.410. The number of benzene rings is 2. The number of carbonyl (C=O) groups is 1. The molecule has 0 unspecified atom stereocenters. The van der Waals surface area contributed by atoms with Crippen molar-refractivity contribution in [2.24, 2.45) is 0 Å². The van der Waals surface area contributed by atoms with Gasteiger partial charge in [0.2, 0.25) is 0 Å². The van der Waals surface area contributed by atoms with E-state index in [1.807, 2.05) is 24.3 Å². The number of halogens is 2. The van der Waals surface area contributed by atoms with E-state index in [9.17, 15) is 4.79 Å². The second kappa shape index (κ2) is 9.29. The molecule has 178 valence electrons. The first-order chi connectivity index (χ1) is 16.9. The minimum atomic E-state index is -0.725. The number of pyridine rings is 1. The van der Waals surface area contributed by atoms with Crippen LogP contribution in [0.25, 0.3) is 22.4 Å². The summed E-state index contributed by atoms with van der Waals surface area (Å²) in [6.45, 7) is 5.14. The molecule has 0 fully saturated rings. The predicted octanol–water partition coefficient (Wildman–Crippen LogP) is 5.34. The van der Waals surface area contributed by atoms with Crippen LogP contribution < -0.4 is 10.1 Å². The topological polar surface area (TPSA) is 69.0 Å².